The summed E-state index contributed by atoms with van der Waals surface area (Å²) in [5.41, 5.74) is 3.67. The number of pyridine rings is 1. The highest BCUT2D eigenvalue weighted by molar-refractivity contribution is 5.95. The van der Waals surface area contributed by atoms with E-state index in [1.165, 1.54) is 5.56 Å². The van der Waals surface area contributed by atoms with Crippen molar-refractivity contribution in [2.45, 2.75) is 39.7 Å². The molecule has 0 aliphatic rings. The van der Waals surface area contributed by atoms with Gasteiger partial charge in [0.1, 0.15) is 0 Å². The molecule has 0 bridgehead atoms. The lowest BCUT2D eigenvalue weighted by molar-refractivity contribution is 0.0939. The van der Waals surface area contributed by atoms with Gasteiger partial charge in [-0.2, -0.15) is 0 Å². The minimum absolute atomic E-state index is 0.0886. The fourth-order valence-corrected chi connectivity index (χ4v) is 2.15. The van der Waals surface area contributed by atoms with E-state index in [1.54, 1.807) is 12.4 Å². The molecule has 1 atom stereocenters. The molecule has 116 valence electrons. The number of aryl methyl sites for hydroxylation is 1. The van der Waals surface area contributed by atoms with Crippen LogP contribution in [0.25, 0.3) is 0 Å². The van der Waals surface area contributed by atoms with Crippen molar-refractivity contribution >= 4 is 17.3 Å². The van der Waals surface area contributed by atoms with E-state index in [9.17, 15) is 4.79 Å². The zero-order valence-corrected chi connectivity index (χ0v) is 13.4. The Kier molecular flexibility index (Phi) is 5.53. The predicted molar refractivity (Wildman–Crippen MR) is 90.6 cm³/mol. The van der Waals surface area contributed by atoms with E-state index in [0.29, 0.717) is 5.56 Å². The van der Waals surface area contributed by atoms with Gasteiger partial charge in [0.05, 0.1) is 17.4 Å². The average Bonchev–Trinajstić information content (AvgIpc) is 2.55. The van der Waals surface area contributed by atoms with Crippen molar-refractivity contribution in [2.24, 2.45) is 0 Å². The molecule has 0 saturated heterocycles. The second kappa shape index (κ2) is 7.59. The largest absolute Gasteiger partial charge is 0.354 e. The lowest BCUT2D eigenvalue weighted by Gasteiger charge is -2.13. The highest BCUT2D eigenvalue weighted by Gasteiger charge is 2.10. The molecule has 1 heterocycles. The van der Waals surface area contributed by atoms with Crippen molar-refractivity contribution < 1.29 is 4.79 Å². The summed E-state index contributed by atoms with van der Waals surface area (Å²) >= 11 is 0. The Morgan fingerprint density at radius 1 is 1.23 bits per heavy atom. The second-order valence-electron chi connectivity index (χ2n) is 5.38. The first kappa shape index (κ1) is 16.0. The number of carbonyl (C=O) groups is 1. The van der Waals surface area contributed by atoms with Crippen molar-refractivity contribution in [2.75, 3.05) is 5.32 Å². The van der Waals surface area contributed by atoms with E-state index in [1.807, 2.05) is 38.1 Å². The summed E-state index contributed by atoms with van der Waals surface area (Å²) in [6.07, 6.45) is 5.17. The third kappa shape index (κ3) is 4.07. The molecule has 2 N–H and O–H groups in total. The van der Waals surface area contributed by atoms with Crippen LogP contribution >= 0.6 is 0 Å². The number of nitrogens with zero attached hydrogens (tertiary/aromatic N) is 1. The Bertz CT molecular complexity index is 640. The number of carbonyl (C=O) groups excluding carboxylic acids is 1. The molecule has 1 aromatic heterocycles. The topological polar surface area (TPSA) is 54.0 Å². The maximum absolute atomic E-state index is 12.2. The van der Waals surface area contributed by atoms with Crippen molar-refractivity contribution in [1.29, 1.82) is 0 Å². The molecule has 4 nitrogen and oxygen atoms in total. The molecule has 0 aliphatic heterocycles. The summed E-state index contributed by atoms with van der Waals surface area (Å²) < 4.78 is 0. The minimum Gasteiger partial charge on any atom is -0.354 e. The summed E-state index contributed by atoms with van der Waals surface area (Å²) in [7, 11) is 0. The molecule has 0 aliphatic carbocycles. The van der Waals surface area contributed by atoms with Crippen LogP contribution in [0.2, 0.25) is 0 Å². The fourth-order valence-electron chi connectivity index (χ4n) is 2.15. The van der Waals surface area contributed by atoms with Crippen LogP contribution in [0.1, 0.15) is 43.1 Å². The Morgan fingerprint density at radius 2 is 2.00 bits per heavy atom. The van der Waals surface area contributed by atoms with Crippen molar-refractivity contribution in [1.82, 2.24) is 10.3 Å². The standard InChI is InChI=1S/C18H23N3O/c1-4-13(3)20-18(22)15-10-16(12-19-11-15)21-17-9-7-6-8-14(17)5-2/h6-13,21H,4-5H2,1-3H3,(H,20,22). The highest BCUT2D eigenvalue weighted by atomic mass is 16.1. The fraction of sp³-hybridized carbons (Fsp3) is 0.333. The van der Waals surface area contributed by atoms with Gasteiger partial charge in [-0.15, -0.1) is 0 Å². The molecule has 1 unspecified atom stereocenters. The van der Waals surface area contributed by atoms with Crippen LogP contribution in [0.5, 0.6) is 0 Å². The molecular weight excluding hydrogens is 274 g/mol. The number of hydrogen-bond acceptors (Lipinski definition) is 3. The minimum atomic E-state index is -0.0886. The number of amides is 1. The van der Waals surface area contributed by atoms with Gasteiger partial charge >= 0.3 is 0 Å². The van der Waals surface area contributed by atoms with E-state index in [4.69, 9.17) is 0 Å². The molecule has 0 radical (unpaired) electrons. The van der Waals surface area contributed by atoms with Gasteiger partial charge < -0.3 is 10.6 Å². The predicted octanol–water partition coefficient (Wildman–Crippen LogP) is 3.92. The zero-order chi connectivity index (χ0) is 15.9. The van der Waals surface area contributed by atoms with Gasteiger partial charge in [0.15, 0.2) is 0 Å². The highest BCUT2D eigenvalue weighted by Crippen LogP contribution is 2.21. The lowest BCUT2D eigenvalue weighted by atomic mass is 10.1. The molecule has 2 aromatic rings. The molecule has 0 saturated carbocycles. The Hall–Kier alpha value is -2.36. The van der Waals surface area contributed by atoms with Crippen molar-refractivity contribution in [3.8, 4) is 0 Å². The third-order valence-electron chi connectivity index (χ3n) is 3.67. The van der Waals surface area contributed by atoms with E-state index in [-0.39, 0.29) is 11.9 Å². The van der Waals surface area contributed by atoms with Gasteiger partial charge in [-0.05, 0) is 37.5 Å². The van der Waals surface area contributed by atoms with Crippen LogP contribution in [-0.4, -0.2) is 16.9 Å². The molecule has 0 spiro atoms. The summed E-state index contributed by atoms with van der Waals surface area (Å²) in [6.45, 7) is 6.16. The smallest absolute Gasteiger partial charge is 0.253 e. The summed E-state index contributed by atoms with van der Waals surface area (Å²) in [4.78, 5) is 16.3. The van der Waals surface area contributed by atoms with Crippen LogP contribution in [0.4, 0.5) is 11.4 Å². The maximum atomic E-state index is 12.2. The lowest BCUT2D eigenvalue weighted by Crippen LogP contribution is -2.31. The summed E-state index contributed by atoms with van der Waals surface area (Å²) in [5, 5.41) is 6.30. The van der Waals surface area contributed by atoms with Gasteiger partial charge in [-0.1, -0.05) is 32.0 Å². The van der Waals surface area contributed by atoms with Crippen LogP contribution in [-0.2, 0) is 6.42 Å². The summed E-state index contributed by atoms with van der Waals surface area (Å²) in [5.74, 6) is -0.0886. The van der Waals surface area contributed by atoms with Gasteiger partial charge in [0.2, 0.25) is 0 Å². The zero-order valence-electron chi connectivity index (χ0n) is 13.4. The third-order valence-corrected chi connectivity index (χ3v) is 3.67. The number of rotatable bonds is 6. The van der Waals surface area contributed by atoms with Crippen LogP contribution in [0.15, 0.2) is 42.7 Å². The van der Waals surface area contributed by atoms with Crippen LogP contribution in [0, 0.1) is 0 Å². The maximum Gasteiger partial charge on any atom is 0.253 e. The van der Waals surface area contributed by atoms with E-state index < -0.39 is 0 Å². The Balaban J connectivity index is 2.16. The number of nitrogens with one attached hydrogen (secondary N) is 2. The van der Waals surface area contributed by atoms with Crippen LogP contribution < -0.4 is 10.6 Å². The van der Waals surface area contributed by atoms with E-state index in [2.05, 4.69) is 28.6 Å². The number of anilines is 2. The normalized spacial score (nSPS) is 11.8. The molecular formula is C18H23N3O. The number of hydrogen-bond donors (Lipinski definition) is 2. The van der Waals surface area contributed by atoms with Gasteiger partial charge in [0.25, 0.3) is 5.91 Å². The first-order valence-corrected chi connectivity index (χ1v) is 7.74. The number of para-hydroxylation sites is 1. The first-order chi connectivity index (χ1) is 10.6. The molecule has 1 amide bonds. The van der Waals surface area contributed by atoms with E-state index >= 15 is 0 Å². The van der Waals surface area contributed by atoms with Gasteiger partial charge in [0, 0.05) is 17.9 Å². The van der Waals surface area contributed by atoms with E-state index in [0.717, 1.165) is 24.2 Å². The molecule has 1 aromatic carbocycles. The Morgan fingerprint density at radius 3 is 2.73 bits per heavy atom. The summed E-state index contributed by atoms with van der Waals surface area (Å²) in [6, 6.07) is 10.1. The first-order valence-electron chi connectivity index (χ1n) is 7.74. The molecule has 4 heteroatoms. The van der Waals surface area contributed by atoms with Gasteiger partial charge in [-0.3, -0.25) is 9.78 Å². The van der Waals surface area contributed by atoms with Crippen molar-refractivity contribution in [3.63, 3.8) is 0 Å². The molecule has 0 fully saturated rings. The average molecular weight is 297 g/mol. The monoisotopic (exact) mass is 297 g/mol. The van der Waals surface area contributed by atoms with Gasteiger partial charge in [-0.25, -0.2) is 0 Å². The second-order valence-corrected chi connectivity index (χ2v) is 5.38. The number of benzene rings is 1. The molecule has 22 heavy (non-hydrogen) atoms. The van der Waals surface area contributed by atoms with Crippen molar-refractivity contribution in [3.05, 3.63) is 53.9 Å². The number of aromatic nitrogens is 1. The Labute approximate surface area is 132 Å². The quantitative estimate of drug-likeness (QED) is 0.849. The van der Waals surface area contributed by atoms with Crippen LogP contribution in [0.3, 0.4) is 0 Å². The molecule has 2 rings (SSSR count). The SMILES string of the molecule is CCc1ccccc1Nc1cncc(C(=O)NC(C)CC)c1.